The Hall–Kier alpha value is -2.83. The molecule has 7 heteroatoms. The van der Waals surface area contributed by atoms with Crippen LogP contribution in [0.5, 0.6) is 0 Å². The van der Waals surface area contributed by atoms with E-state index in [1.165, 1.54) is 12.1 Å². The van der Waals surface area contributed by atoms with Crippen LogP contribution in [0.1, 0.15) is 26.3 Å². The maximum absolute atomic E-state index is 13.1. The standard InChI is InChI=1S/C16H12F3NO3/c1-23-15(22)11-7-8-13(12(9-11)16(17,18)19)20-14(21)10-5-3-2-4-6-10/h2-9H,1H3,(H,20,21). The monoisotopic (exact) mass is 323 g/mol. The predicted octanol–water partition coefficient (Wildman–Crippen LogP) is 3.74. The second kappa shape index (κ2) is 6.51. The normalized spacial score (nSPS) is 11.0. The summed E-state index contributed by atoms with van der Waals surface area (Å²) in [6, 6.07) is 10.7. The lowest BCUT2D eigenvalue weighted by atomic mass is 10.1. The van der Waals surface area contributed by atoms with E-state index in [-0.39, 0.29) is 11.1 Å². The SMILES string of the molecule is COC(=O)c1ccc(NC(=O)c2ccccc2)c(C(F)(F)F)c1. The second-order valence-corrected chi connectivity index (χ2v) is 4.57. The van der Waals surface area contributed by atoms with Crippen LogP contribution in [0, 0.1) is 0 Å². The number of alkyl halides is 3. The van der Waals surface area contributed by atoms with Crippen molar-refractivity contribution in [2.45, 2.75) is 6.18 Å². The van der Waals surface area contributed by atoms with Crippen molar-refractivity contribution in [2.75, 3.05) is 12.4 Å². The lowest BCUT2D eigenvalue weighted by Gasteiger charge is -2.15. The number of esters is 1. The second-order valence-electron chi connectivity index (χ2n) is 4.57. The Kier molecular flexibility index (Phi) is 4.68. The molecule has 0 aliphatic heterocycles. The smallest absolute Gasteiger partial charge is 0.418 e. The zero-order valence-electron chi connectivity index (χ0n) is 12.0. The summed E-state index contributed by atoms with van der Waals surface area (Å²) in [5.74, 6) is -1.57. The molecule has 0 saturated carbocycles. The van der Waals surface area contributed by atoms with Gasteiger partial charge in [0.25, 0.3) is 5.91 Å². The number of carbonyl (C=O) groups is 2. The number of nitrogens with one attached hydrogen (secondary N) is 1. The highest BCUT2D eigenvalue weighted by atomic mass is 19.4. The van der Waals surface area contributed by atoms with Crippen LogP contribution in [0.2, 0.25) is 0 Å². The summed E-state index contributed by atoms with van der Waals surface area (Å²) in [7, 11) is 1.07. The molecule has 0 aliphatic carbocycles. The number of rotatable bonds is 3. The lowest BCUT2D eigenvalue weighted by Crippen LogP contribution is -2.17. The van der Waals surface area contributed by atoms with Crippen LogP contribution in [0.3, 0.4) is 0 Å². The Morgan fingerprint density at radius 1 is 1.00 bits per heavy atom. The van der Waals surface area contributed by atoms with Crippen LogP contribution in [0.15, 0.2) is 48.5 Å². The molecule has 0 spiro atoms. The van der Waals surface area contributed by atoms with Crippen molar-refractivity contribution in [3.63, 3.8) is 0 Å². The van der Waals surface area contributed by atoms with Gasteiger partial charge in [0.1, 0.15) is 0 Å². The fourth-order valence-corrected chi connectivity index (χ4v) is 1.92. The fraction of sp³-hybridized carbons (Fsp3) is 0.125. The van der Waals surface area contributed by atoms with E-state index in [2.05, 4.69) is 10.1 Å². The van der Waals surface area contributed by atoms with E-state index in [0.717, 1.165) is 19.2 Å². The summed E-state index contributed by atoms with van der Waals surface area (Å²) in [5.41, 5.74) is -1.58. The highest BCUT2D eigenvalue weighted by molar-refractivity contribution is 6.05. The van der Waals surface area contributed by atoms with Gasteiger partial charge in [-0.25, -0.2) is 4.79 Å². The van der Waals surface area contributed by atoms with Gasteiger partial charge in [-0.3, -0.25) is 4.79 Å². The van der Waals surface area contributed by atoms with E-state index in [0.29, 0.717) is 6.07 Å². The summed E-state index contributed by atoms with van der Waals surface area (Å²) in [4.78, 5) is 23.4. The molecular formula is C16H12F3NO3. The first-order valence-electron chi connectivity index (χ1n) is 6.49. The molecule has 2 aromatic carbocycles. The Labute approximate surface area is 129 Å². The van der Waals surface area contributed by atoms with Gasteiger partial charge in [-0.15, -0.1) is 0 Å². The molecule has 0 saturated heterocycles. The van der Waals surface area contributed by atoms with E-state index in [4.69, 9.17) is 0 Å². The predicted molar refractivity (Wildman–Crippen MR) is 77.2 cm³/mol. The molecule has 0 radical (unpaired) electrons. The molecule has 4 nitrogen and oxygen atoms in total. The quantitative estimate of drug-likeness (QED) is 0.875. The average Bonchev–Trinajstić information content (AvgIpc) is 2.54. The minimum Gasteiger partial charge on any atom is -0.465 e. The van der Waals surface area contributed by atoms with Gasteiger partial charge in [-0.1, -0.05) is 18.2 Å². The zero-order valence-corrected chi connectivity index (χ0v) is 12.0. The van der Waals surface area contributed by atoms with Gasteiger partial charge >= 0.3 is 12.1 Å². The molecular weight excluding hydrogens is 311 g/mol. The fourth-order valence-electron chi connectivity index (χ4n) is 1.92. The first-order valence-corrected chi connectivity index (χ1v) is 6.49. The number of benzene rings is 2. The molecule has 120 valence electrons. The molecule has 0 fully saturated rings. The molecule has 0 aromatic heterocycles. The van der Waals surface area contributed by atoms with Crippen molar-refractivity contribution in [3.05, 3.63) is 65.2 Å². The molecule has 0 unspecified atom stereocenters. The van der Waals surface area contributed by atoms with Crippen molar-refractivity contribution in [1.29, 1.82) is 0 Å². The maximum atomic E-state index is 13.1. The van der Waals surface area contributed by atoms with Crippen molar-refractivity contribution >= 4 is 17.6 Å². The topological polar surface area (TPSA) is 55.4 Å². The maximum Gasteiger partial charge on any atom is 0.418 e. The van der Waals surface area contributed by atoms with Gasteiger partial charge in [0.15, 0.2) is 0 Å². The van der Waals surface area contributed by atoms with Gasteiger partial charge in [0, 0.05) is 5.56 Å². The number of anilines is 1. The average molecular weight is 323 g/mol. The van der Waals surface area contributed by atoms with E-state index >= 15 is 0 Å². The largest absolute Gasteiger partial charge is 0.465 e. The minimum atomic E-state index is -4.73. The molecule has 1 amide bonds. The third-order valence-corrected chi connectivity index (χ3v) is 3.03. The van der Waals surface area contributed by atoms with Crippen molar-refractivity contribution in [2.24, 2.45) is 0 Å². The van der Waals surface area contributed by atoms with E-state index in [9.17, 15) is 22.8 Å². The van der Waals surface area contributed by atoms with Crippen LogP contribution in [-0.4, -0.2) is 19.0 Å². The van der Waals surface area contributed by atoms with E-state index in [1.54, 1.807) is 18.2 Å². The van der Waals surface area contributed by atoms with Crippen molar-refractivity contribution in [3.8, 4) is 0 Å². The first-order chi connectivity index (χ1) is 10.8. The first kappa shape index (κ1) is 16.5. The van der Waals surface area contributed by atoms with Crippen molar-refractivity contribution in [1.82, 2.24) is 0 Å². The number of carbonyl (C=O) groups excluding carboxylic acids is 2. The Bertz CT molecular complexity index is 727. The minimum absolute atomic E-state index is 0.220. The molecule has 0 heterocycles. The number of hydrogen-bond donors (Lipinski definition) is 1. The Morgan fingerprint density at radius 2 is 1.65 bits per heavy atom. The third-order valence-electron chi connectivity index (χ3n) is 3.03. The summed E-state index contributed by atoms with van der Waals surface area (Å²) < 4.78 is 43.8. The van der Waals surface area contributed by atoms with Crippen LogP contribution in [0.25, 0.3) is 0 Å². The number of hydrogen-bond acceptors (Lipinski definition) is 3. The molecule has 0 atom stereocenters. The number of methoxy groups -OCH3 is 1. The van der Waals surface area contributed by atoms with Gasteiger partial charge in [-0.2, -0.15) is 13.2 Å². The van der Waals surface area contributed by atoms with Gasteiger partial charge < -0.3 is 10.1 Å². The zero-order chi connectivity index (χ0) is 17.0. The van der Waals surface area contributed by atoms with E-state index in [1.807, 2.05) is 0 Å². The highest BCUT2D eigenvalue weighted by Gasteiger charge is 2.35. The van der Waals surface area contributed by atoms with Crippen LogP contribution in [-0.2, 0) is 10.9 Å². The summed E-state index contributed by atoms with van der Waals surface area (Å²) in [5, 5.41) is 2.21. The van der Waals surface area contributed by atoms with Gasteiger partial charge in [-0.05, 0) is 30.3 Å². The van der Waals surface area contributed by atoms with Crippen LogP contribution in [0.4, 0.5) is 18.9 Å². The number of ether oxygens (including phenoxy) is 1. The number of amides is 1. The van der Waals surface area contributed by atoms with Gasteiger partial charge in [0.05, 0.1) is 23.9 Å². The molecule has 1 N–H and O–H groups in total. The third kappa shape index (κ3) is 3.88. The van der Waals surface area contributed by atoms with Crippen LogP contribution >= 0.6 is 0 Å². The molecule has 2 aromatic rings. The Morgan fingerprint density at radius 3 is 2.22 bits per heavy atom. The summed E-state index contributed by atoms with van der Waals surface area (Å²) in [6.45, 7) is 0. The Balaban J connectivity index is 2.38. The molecule has 0 aliphatic rings. The van der Waals surface area contributed by atoms with E-state index < -0.39 is 29.3 Å². The molecule has 23 heavy (non-hydrogen) atoms. The molecule has 2 rings (SSSR count). The highest BCUT2D eigenvalue weighted by Crippen LogP contribution is 2.35. The lowest BCUT2D eigenvalue weighted by molar-refractivity contribution is -0.136. The van der Waals surface area contributed by atoms with Crippen molar-refractivity contribution < 1.29 is 27.5 Å². The van der Waals surface area contributed by atoms with Gasteiger partial charge in [0.2, 0.25) is 0 Å². The molecule has 0 bridgehead atoms. The summed E-state index contributed by atoms with van der Waals surface area (Å²) >= 11 is 0. The number of halogens is 3. The van der Waals surface area contributed by atoms with Crippen LogP contribution < -0.4 is 5.32 Å². The summed E-state index contributed by atoms with van der Waals surface area (Å²) in [6.07, 6.45) is -4.73.